The van der Waals surface area contributed by atoms with Gasteiger partial charge in [-0.25, -0.2) is 4.98 Å². The minimum Gasteiger partial charge on any atom is -0.382 e. The first-order valence-corrected chi connectivity index (χ1v) is 6.99. The summed E-state index contributed by atoms with van der Waals surface area (Å²) < 4.78 is 0. The maximum absolute atomic E-state index is 11.8. The highest BCUT2D eigenvalue weighted by atomic mass is 35.5. The number of amides is 1. The highest BCUT2D eigenvalue weighted by Crippen LogP contribution is 2.36. The van der Waals surface area contributed by atoms with Gasteiger partial charge in [-0.1, -0.05) is 23.2 Å². The van der Waals surface area contributed by atoms with Crippen molar-refractivity contribution in [2.75, 3.05) is 23.7 Å². The van der Waals surface area contributed by atoms with E-state index in [1.165, 1.54) is 0 Å². The molecule has 0 aliphatic carbocycles. The van der Waals surface area contributed by atoms with E-state index in [-0.39, 0.29) is 23.7 Å². The number of nitrogens with two attached hydrogens (primary N) is 1. The Morgan fingerprint density at radius 2 is 2.21 bits per heavy atom. The van der Waals surface area contributed by atoms with Gasteiger partial charge >= 0.3 is 0 Å². The van der Waals surface area contributed by atoms with Gasteiger partial charge in [0.25, 0.3) is 0 Å². The molecule has 0 saturated carbocycles. The molecule has 3 N–H and O–H groups in total. The third-order valence-corrected chi connectivity index (χ3v) is 4.39. The van der Waals surface area contributed by atoms with E-state index in [4.69, 9.17) is 28.9 Å². The first-order valence-electron chi connectivity index (χ1n) is 6.24. The van der Waals surface area contributed by atoms with E-state index in [0.717, 1.165) is 19.4 Å². The van der Waals surface area contributed by atoms with Crippen LogP contribution in [-0.4, -0.2) is 30.0 Å². The number of fused-ring (bicyclic) bond motifs is 1. The Kier molecular flexibility index (Phi) is 3.19. The first-order chi connectivity index (χ1) is 9.08. The zero-order valence-electron chi connectivity index (χ0n) is 10.2. The van der Waals surface area contributed by atoms with Gasteiger partial charge in [-0.15, -0.1) is 0 Å². The monoisotopic (exact) mass is 300 g/mol. The van der Waals surface area contributed by atoms with Crippen molar-refractivity contribution in [3.63, 3.8) is 0 Å². The minimum atomic E-state index is 0.0171. The molecule has 0 aromatic carbocycles. The topological polar surface area (TPSA) is 71.2 Å². The summed E-state index contributed by atoms with van der Waals surface area (Å²) in [6, 6.07) is 1.71. The number of nitrogen functional groups attached to an aromatic ring is 1. The number of pyridine rings is 1. The highest BCUT2D eigenvalue weighted by molar-refractivity contribution is 6.37. The summed E-state index contributed by atoms with van der Waals surface area (Å²) in [7, 11) is 0. The molecule has 3 rings (SSSR count). The van der Waals surface area contributed by atoms with E-state index >= 15 is 0 Å². The summed E-state index contributed by atoms with van der Waals surface area (Å²) in [4.78, 5) is 18.1. The summed E-state index contributed by atoms with van der Waals surface area (Å²) in [5.41, 5.74) is 5.75. The van der Waals surface area contributed by atoms with Crippen molar-refractivity contribution in [2.45, 2.75) is 18.9 Å². The summed E-state index contributed by atoms with van der Waals surface area (Å²) >= 11 is 12.1. The van der Waals surface area contributed by atoms with Gasteiger partial charge in [0.2, 0.25) is 5.91 Å². The molecule has 2 atom stereocenters. The number of hydrogen-bond acceptors (Lipinski definition) is 4. The molecule has 1 aromatic heterocycles. The van der Waals surface area contributed by atoms with Crippen LogP contribution in [0.4, 0.5) is 11.6 Å². The van der Waals surface area contributed by atoms with E-state index in [0.29, 0.717) is 22.4 Å². The van der Waals surface area contributed by atoms with Crippen LogP contribution >= 0.6 is 23.2 Å². The fourth-order valence-electron chi connectivity index (χ4n) is 2.89. The second-order valence-corrected chi connectivity index (χ2v) is 5.73. The molecule has 7 heteroatoms. The van der Waals surface area contributed by atoms with Crippen LogP contribution in [0.1, 0.15) is 12.8 Å². The standard InChI is InChI=1S/C12H14Cl2N4O/c13-7-4-8(14)11(17-10(7)15)18-3-1-2-6-9(18)5-16-12(6)19/h4,6,9H,1-3,5H2,(H2,15,17)(H,16,19). The van der Waals surface area contributed by atoms with Crippen molar-refractivity contribution >= 4 is 40.7 Å². The maximum Gasteiger partial charge on any atom is 0.225 e. The number of carbonyl (C=O) groups excluding carboxylic acids is 1. The third-order valence-electron chi connectivity index (χ3n) is 3.81. The van der Waals surface area contributed by atoms with Gasteiger partial charge in [-0.3, -0.25) is 4.79 Å². The van der Waals surface area contributed by atoms with Crippen molar-refractivity contribution in [1.82, 2.24) is 10.3 Å². The SMILES string of the molecule is Nc1nc(N2CCCC3C(=O)NCC32)c(Cl)cc1Cl. The van der Waals surface area contributed by atoms with Gasteiger partial charge in [0.05, 0.1) is 22.0 Å². The predicted octanol–water partition coefficient (Wildman–Crippen LogP) is 1.69. The summed E-state index contributed by atoms with van der Waals surface area (Å²) in [6.07, 6.45) is 1.85. The second-order valence-electron chi connectivity index (χ2n) is 4.92. The van der Waals surface area contributed by atoms with Crippen LogP contribution in [-0.2, 0) is 4.79 Å². The van der Waals surface area contributed by atoms with Gasteiger partial charge in [0.15, 0.2) is 0 Å². The molecule has 2 fully saturated rings. The van der Waals surface area contributed by atoms with Crippen molar-refractivity contribution in [1.29, 1.82) is 0 Å². The third kappa shape index (κ3) is 2.11. The molecule has 5 nitrogen and oxygen atoms in total. The number of carbonyl (C=O) groups is 1. The quantitative estimate of drug-likeness (QED) is 0.828. The molecular weight excluding hydrogens is 287 g/mol. The Labute approximate surface area is 121 Å². The molecule has 2 unspecified atom stereocenters. The van der Waals surface area contributed by atoms with Crippen LogP contribution in [0.5, 0.6) is 0 Å². The molecular formula is C12H14Cl2N4O. The average Bonchev–Trinajstić information content (AvgIpc) is 2.76. The average molecular weight is 301 g/mol. The number of aromatic nitrogens is 1. The minimum absolute atomic E-state index is 0.0171. The second kappa shape index (κ2) is 4.72. The molecule has 1 amide bonds. The van der Waals surface area contributed by atoms with E-state index in [9.17, 15) is 4.79 Å². The van der Waals surface area contributed by atoms with Crippen LogP contribution in [0.2, 0.25) is 10.0 Å². The van der Waals surface area contributed by atoms with Crippen LogP contribution in [0, 0.1) is 5.92 Å². The number of nitrogens with zero attached hydrogens (tertiary/aromatic N) is 2. The number of piperidine rings is 1. The van der Waals surface area contributed by atoms with Crippen molar-refractivity contribution < 1.29 is 4.79 Å². The number of rotatable bonds is 1. The Bertz CT molecular complexity index is 537. The van der Waals surface area contributed by atoms with Gasteiger partial charge in [0.1, 0.15) is 11.6 Å². The van der Waals surface area contributed by atoms with Crippen LogP contribution in [0.25, 0.3) is 0 Å². The Balaban J connectivity index is 1.97. The molecule has 102 valence electrons. The number of anilines is 2. The summed E-state index contributed by atoms with van der Waals surface area (Å²) in [5, 5.41) is 3.72. The number of hydrogen-bond donors (Lipinski definition) is 2. The Morgan fingerprint density at radius 1 is 1.42 bits per heavy atom. The van der Waals surface area contributed by atoms with Crippen LogP contribution in [0.3, 0.4) is 0 Å². The summed E-state index contributed by atoms with van der Waals surface area (Å²) in [5.74, 6) is 1.02. The van der Waals surface area contributed by atoms with Crippen LogP contribution in [0.15, 0.2) is 6.07 Å². The first kappa shape index (κ1) is 12.8. The Hall–Kier alpha value is -1.20. The molecule has 0 bridgehead atoms. The molecule has 0 radical (unpaired) electrons. The predicted molar refractivity (Wildman–Crippen MR) is 75.5 cm³/mol. The van der Waals surface area contributed by atoms with Gasteiger partial charge in [-0.05, 0) is 18.9 Å². The lowest BCUT2D eigenvalue weighted by atomic mass is 9.91. The van der Waals surface area contributed by atoms with Gasteiger partial charge in [-0.2, -0.15) is 0 Å². The van der Waals surface area contributed by atoms with E-state index < -0.39 is 0 Å². The fourth-order valence-corrected chi connectivity index (χ4v) is 3.35. The van der Waals surface area contributed by atoms with Gasteiger partial charge in [0, 0.05) is 13.1 Å². The molecule has 0 spiro atoms. The molecule has 2 aliphatic rings. The lowest BCUT2D eigenvalue weighted by molar-refractivity contribution is -0.122. The number of halogens is 2. The smallest absolute Gasteiger partial charge is 0.225 e. The number of nitrogens with one attached hydrogen (secondary N) is 1. The molecule has 2 saturated heterocycles. The van der Waals surface area contributed by atoms with E-state index in [1.54, 1.807) is 6.07 Å². The maximum atomic E-state index is 11.8. The van der Waals surface area contributed by atoms with E-state index in [1.807, 2.05) is 0 Å². The zero-order valence-corrected chi connectivity index (χ0v) is 11.7. The summed E-state index contributed by atoms with van der Waals surface area (Å²) in [6.45, 7) is 1.45. The van der Waals surface area contributed by atoms with E-state index in [2.05, 4.69) is 15.2 Å². The normalized spacial score (nSPS) is 26.2. The van der Waals surface area contributed by atoms with Crippen molar-refractivity contribution in [3.05, 3.63) is 16.1 Å². The molecule has 2 aliphatic heterocycles. The molecule has 19 heavy (non-hydrogen) atoms. The van der Waals surface area contributed by atoms with Gasteiger partial charge < -0.3 is 16.0 Å². The molecule has 3 heterocycles. The Morgan fingerprint density at radius 3 is 3.00 bits per heavy atom. The highest BCUT2D eigenvalue weighted by Gasteiger charge is 2.41. The van der Waals surface area contributed by atoms with Crippen LogP contribution < -0.4 is 16.0 Å². The largest absolute Gasteiger partial charge is 0.382 e. The van der Waals surface area contributed by atoms with Crippen molar-refractivity contribution in [3.8, 4) is 0 Å². The lowest BCUT2D eigenvalue weighted by Gasteiger charge is -2.37. The van der Waals surface area contributed by atoms with Crippen molar-refractivity contribution in [2.24, 2.45) is 5.92 Å². The lowest BCUT2D eigenvalue weighted by Crippen LogP contribution is -2.46. The zero-order chi connectivity index (χ0) is 13.6. The molecule has 1 aromatic rings. The fraction of sp³-hybridized carbons (Fsp3) is 0.500.